The highest BCUT2D eigenvalue weighted by Crippen LogP contribution is 2.10. The minimum absolute atomic E-state index is 0.343. The summed E-state index contributed by atoms with van der Waals surface area (Å²) in [6.07, 6.45) is 11.5. The van der Waals surface area contributed by atoms with E-state index in [0.29, 0.717) is 6.42 Å². The molecule has 1 atom stereocenters. The van der Waals surface area contributed by atoms with Gasteiger partial charge in [0.05, 0.1) is 5.25 Å². The molecule has 0 amide bonds. The van der Waals surface area contributed by atoms with Gasteiger partial charge in [-0.1, -0.05) is 58.3 Å². The van der Waals surface area contributed by atoms with Crippen LogP contribution in [0.4, 0.5) is 0 Å². The third-order valence-electron chi connectivity index (χ3n) is 2.85. The molecular weight excluding hydrogens is 276 g/mol. The Hall–Kier alpha value is -0.710. The first-order chi connectivity index (χ1) is 9.41. The second-order valence-corrected chi connectivity index (χ2v) is 5.76. The van der Waals surface area contributed by atoms with Crippen LogP contribution in [0, 0.1) is 0 Å². The van der Waals surface area contributed by atoms with Crippen LogP contribution in [0.2, 0.25) is 0 Å². The summed E-state index contributed by atoms with van der Waals surface area (Å²) in [6, 6.07) is 0. The van der Waals surface area contributed by atoms with Crippen molar-refractivity contribution in [2.75, 3.05) is 0 Å². The molecular formula is C15H30O4S. The number of thiol groups is 1. The van der Waals surface area contributed by atoms with Crippen molar-refractivity contribution in [3.05, 3.63) is 0 Å². The molecule has 0 aromatic heterocycles. The Balaban J connectivity index is 0. The van der Waals surface area contributed by atoms with Crippen molar-refractivity contribution in [1.82, 2.24) is 0 Å². The van der Waals surface area contributed by atoms with Gasteiger partial charge < -0.3 is 10.2 Å². The van der Waals surface area contributed by atoms with Crippen LogP contribution in [0.3, 0.4) is 0 Å². The maximum Gasteiger partial charge on any atom is 0.316 e. The molecule has 1 unspecified atom stereocenters. The highest BCUT2D eigenvalue weighted by Gasteiger charge is 2.00. The molecule has 120 valence electrons. The molecule has 4 nitrogen and oxygen atoms in total. The normalized spacial score (nSPS) is 11.3. The molecule has 0 saturated carbocycles. The number of carbonyl (C=O) groups is 2. The van der Waals surface area contributed by atoms with E-state index >= 15 is 0 Å². The van der Waals surface area contributed by atoms with Crippen molar-refractivity contribution >= 4 is 24.6 Å². The first-order valence-corrected chi connectivity index (χ1v) is 8.06. The smallest absolute Gasteiger partial charge is 0.316 e. The molecule has 0 radical (unpaired) electrons. The quantitative estimate of drug-likeness (QED) is 0.391. The lowest BCUT2D eigenvalue weighted by Crippen LogP contribution is -2.06. The summed E-state index contributed by atoms with van der Waals surface area (Å²) in [5.74, 6) is -1.54. The molecule has 0 aliphatic carbocycles. The molecule has 0 heterocycles. The lowest BCUT2D eigenvalue weighted by Gasteiger charge is -2.00. The van der Waals surface area contributed by atoms with Gasteiger partial charge >= 0.3 is 11.9 Å². The van der Waals surface area contributed by atoms with Crippen molar-refractivity contribution in [2.45, 2.75) is 83.3 Å². The second kappa shape index (κ2) is 16.3. The first kappa shape index (κ1) is 21.6. The average Bonchev–Trinajstić information content (AvgIpc) is 2.37. The van der Waals surface area contributed by atoms with E-state index in [9.17, 15) is 9.59 Å². The van der Waals surface area contributed by atoms with Crippen LogP contribution in [0.5, 0.6) is 0 Å². The molecule has 0 spiro atoms. The molecule has 0 aliphatic rings. The number of carboxylic acid groups (broad SMARTS) is 2. The van der Waals surface area contributed by atoms with Gasteiger partial charge in [0.1, 0.15) is 0 Å². The second-order valence-electron chi connectivity index (χ2n) is 4.99. The van der Waals surface area contributed by atoms with Crippen molar-refractivity contribution in [2.24, 2.45) is 0 Å². The van der Waals surface area contributed by atoms with Crippen molar-refractivity contribution in [1.29, 1.82) is 0 Å². The van der Waals surface area contributed by atoms with E-state index in [4.69, 9.17) is 10.2 Å². The number of rotatable bonds is 11. The molecule has 0 saturated heterocycles. The maximum absolute atomic E-state index is 10.2. The van der Waals surface area contributed by atoms with E-state index < -0.39 is 17.2 Å². The minimum Gasteiger partial charge on any atom is -0.481 e. The van der Waals surface area contributed by atoms with Gasteiger partial charge in [-0.05, 0) is 13.3 Å². The summed E-state index contributed by atoms with van der Waals surface area (Å²) in [5.41, 5.74) is 0. The fourth-order valence-corrected chi connectivity index (χ4v) is 1.59. The highest BCUT2D eigenvalue weighted by atomic mass is 32.1. The van der Waals surface area contributed by atoms with E-state index in [2.05, 4.69) is 19.6 Å². The molecule has 2 N–H and O–H groups in total. The van der Waals surface area contributed by atoms with Gasteiger partial charge in [-0.25, -0.2) is 0 Å². The number of hydrogen-bond donors (Lipinski definition) is 3. The molecule has 0 aromatic rings. The third kappa shape index (κ3) is 22.5. The van der Waals surface area contributed by atoms with Gasteiger partial charge in [-0.15, -0.1) is 0 Å². The van der Waals surface area contributed by atoms with Crippen LogP contribution >= 0.6 is 12.6 Å². The number of unbranched alkanes of at least 4 members (excludes halogenated alkanes) is 8. The Bertz CT molecular complexity index is 242. The van der Waals surface area contributed by atoms with E-state index in [1.54, 1.807) is 0 Å². The van der Waals surface area contributed by atoms with Crippen LogP contribution in [0.15, 0.2) is 0 Å². The lowest BCUT2D eigenvalue weighted by atomic mass is 10.1. The number of hydrogen-bond acceptors (Lipinski definition) is 3. The summed E-state index contributed by atoms with van der Waals surface area (Å²) in [5, 5.41) is 15.8. The van der Waals surface area contributed by atoms with E-state index in [1.807, 2.05) is 0 Å². The lowest BCUT2D eigenvalue weighted by molar-refractivity contribution is -0.137. The zero-order valence-corrected chi connectivity index (χ0v) is 13.7. The van der Waals surface area contributed by atoms with Crippen molar-refractivity contribution in [3.8, 4) is 0 Å². The highest BCUT2D eigenvalue weighted by molar-refractivity contribution is 7.81. The monoisotopic (exact) mass is 306 g/mol. The standard InChI is InChI=1S/C12H24O2.C3H6O2S/c1-2-3-4-5-6-7-8-9-10-11-12(13)14;1-2(6)3(4)5/h2-11H2,1H3,(H,13,14);2,6H,1H3,(H,4,5). The zero-order chi connectivity index (χ0) is 15.8. The van der Waals surface area contributed by atoms with Gasteiger partial charge in [-0.2, -0.15) is 12.6 Å². The first-order valence-electron chi connectivity index (χ1n) is 7.54. The average molecular weight is 306 g/mol. The summed E-state index contributed by atoms with van der Waals surface area (Å²) < 4.78 is 0. The summed E-state index contributed by atoms with van der Waals surface area (Å²) in [6.45, 7) is 3.73. The predicted octanol–water partition coefficient (Wildman–Crippen LogP) is 4.38. The van der Waals surface area contributed by atoms with Gasteiger partial charge in [-0.3, -0.25) is 9.59 Å². The molecule has 0 bridgehead atoms. The van der Waals surface area contributed by atoms with Gasteiger partial charge in [0.2, 0.25) is 0 Å². The Morgan fingerprint density at radius 1 is 0.900 bits per heavy atom. The van der Waals surface area contributed by atoms with E-state index in [0.717, 1.165) is 12.8 Å². The topological polar surface area (TPSA) is 74.6 Å². The summed E-state index contributed by atoms with van der Waals surface area (Å²) in [7, 11) is 0. The Labute approximate surface area is 128 Å². The van der Waals surface area contributed by atoms with E-state index in [-0.39, 0.29) is 0 Å². The minimum atomic E-state index is -0.877. The largest absolute Gasteiger partial charge is 0.481 e. The Morgan fingerprint density at radius 3 is 1.55 bits per heavy atom. The molecule has 0 aliphatic heterocycles. The molecule has 20 heavy (non-hydrogen) atoms. The third-order valence-corrected chi connectivity index (χ3v) is 3.07. The Kier molecular flexibility index (Phi) is 17.6. The molecule has 0 aromatic carbocycles. The predicted molar refractivity (Wildman–Crippen MR) is 85.6 cm³/mol. The van der Waals surface area contributed by atoms with Gasteiger partial charge in [0.15, 0.2) is 0 Å². The van der Waals surface area contributed by atoms with Crippen molar-refractivity contribution in [3.63, 3.8) is 0 Å². The fraction of sp³-hybridized carbons (Fsp3) is 0.867. The van der Waals surface area contributed by atoms with Crippen molar-refractivity contribution < 1.29 is 19.8 Å². The number of carboxylic acids is 2. The summed E-state index contributed by atoms with van der Waals surface area (Å²) >= 11 is 3.59. The van der Waals surface area contributed by atoms with Crippen LogP contribution in [-0.2, 0) is 9.59 Å². The summed E-state index contributed by atoms with van der Waals surface area (Å²) in [4.78, 5) is 19.8. The van der Waals surface area contributed by atoms with Gasteiger partial charge in [0, 0.05) is 6.42 Å². The van der Waals surface area contributed by atoms with Crippen LogP contribution in [0.25, 0.3) is 0 Å². The van der Waals surface area contributed by atoms with Crippen LogP contribution in [0.1, 0.15) is 78.1 Å². The SMILES string of the molecule is CC(S)C(=O)O.CCCCCCCCCCCC(=O)O. The molecule has 0 fully saturated rings. The van der Waals surface area contributed by atoms with Crippen LogP contribution < -0.4 is 0 Å². The van der Waals surface area contributed by atoms with Gasteiger partial charge in [0.25, 0.3) is 0 Å². The maximum atomic E-state index is 10.2. The molecule has 0 rings (SSSR count). The van der Waals surface area contributed by atoms with E-state index in [1.165, 1.54) is 51.9 Å². The zero-order valence-electron chi connectivity index (χ0n) is 12.8. The molecule has 5 heteroatoms. The Morgan fingerprint density at radius 2 is 1.25 bits per heavy atom. The number of aliphatic carboxylic acids is 2. The fourth-order valence-electron chi connectivity index (χ4n) is 1.59. The van der Waals surface area contributed by atoms with Crippen LogP contribution in [-0.4, -0.2) is 27.4 Å².